The van der Waals surface area contributed by atoms with E-state index in [9.17, 15) is 0 Å². The van der Waals surface area contributed by atoms with E-state index in [2.05, 4.69) is 33.9 Å². The molecule has 70 valence electrons. The number of thiophene rings is 1. The van der Waals surface area contributed by atoms with E-state index in [1.54, 1.807) is 0 Å². The van der Waals surface area contributed by atoms with Crippen LogP contribution in [0.25, 0.3) is 5.57 Å². The predicted molar refractivity (Wildman–Crippen MR) is 62.4 cm³/mol. The SMILES string of the molecule is C=C(C)C(=C)c1sc(C)c(C)c1C. The molecule has 0 unspecified atom stereocenters. The van der Waals surface area contributed by atoms with Crippen LogP contribution in [0.3, 0.4) is 0 Å². The van der Waals surface area contributed by atoms with Crippen molar-refractivity contribution in [1.82, 2.24) is 0 Å². The molecule has 1 rings (SSSR count). The zero-order valence-corrected chi connectivity index (χ0v) is 9.64. The number of rotatable bonds is 2. The summed E-state index contributed by atoms with van der Waals surface area (Å²) >= 11 is 1.82. The monoisotopic (exact) mass is 192 g/mol. The molecule has 0 saturated carbocycles. The minimum absolute atomic E-state index is 1.06. The molecule has 0 amide bonds. The van der Waals surface area contributed by atoms with Gasteiger partial charge < -0.3 is 0 Å². The van der Waals surface area contributed by atoms with Gasteiger partial charge in [0, 0.05) is 9.75 Å². The van der Waals surface area contributed by atoms with Crippen LogP contribution in [0, 0.1) is 20.8 Å². The fourth-order valence-electron chi connectivity index (χ4n) is 1.22. The first kappa shape index (κ1) is 10.3. The lowest BCUT2D eigenvalue weighted by Gasteiger charge is -2.03. The zero-order chi connectivity index (χ0) is 10.2. The van der Waals surface area contributed by atoms with E-state index in [4.69, 9.17) is 0 Å². The second-order valence-corrected chi connectivity index (χ2v) is 4.72. The molecule has 1 aromatic heterocycles. The molecule has 0 atom stereocenters. The highest BCUT2D eigenvalue weighted by Crippen LogP contribution is 2.33. The summed E-state index contributed by atoms with van der Waals surface area (Å²) in [6.45, 7) is 16.4. The minimum atomic E-state index is 1.06. The molecule has 0 bridgehead atoms. The first-order valence-corrected chi connectivity index (χ1v) is 5.18. The van der Waals surface area contributed by atoms with Crippen molar-refractivity contribution in [3.8, 4) is 0 Å². The molecule has 0 aliphatic carbocycles. The largest absolute Gasteiger partial charge is 0.140 e. The molecule has 1 heterocycles. The Hall–Kier alpha value is -0.820. The highest BCUT2D eigenvalue weighted by molar-refractivity contribution is 7.13. The smallest absolute Gasteiger partial charge is 0.0373 e. The van der Waals surface area contributed by atoms with Crippen LogP contribution in [0.4, 0.5) is 0 Å². The maximum Gasteiger partial charge on any atom is 0.0373 e. The summed E-state index contributed by atoms with van der Waals surface area (Å²) in [5.74, 6) is 0. The molecule has 0 aliphatic heterocycles. The van der Waals surface area contributed by atoms with Crippen LogP contribution in [0.2, 0.25) is 0 Å². The molecule has 1 heteroatoms. The van der Waals surface area contributed by atoms with Crippen LogP contribution in [0.15, 0.2) is 18.7 Å². The zero-order valence-electron chi connectivity index (χ0n) is 8.82. The van der Waals surface area contributed by atoms with Crippen LogP contribution in [0.5, 0.6) is 0 Å². The van der Waals surface area contributed by atoms with Crippen LogP contribution < -0.4 is 0 Å². The van der Waals surface area contributed by atoms with Gasteiger partial charge >= 0.3 is 0 Å². The van der Waals surface area contributed by atoms with E-state index >= 15 is 0 Å². The summed E-state index contributed by atoms with van der Waals surface area (Å²) < 4.78 is 0. The number of allylic oxidation sites excluding steroid dienone is 2. The highest BCUT2D eigenvalue weighted by Gasteiger charge is 2.10. The van der Waals surface area contributed by atoms with Crippen LogP contribution in [-0.2, 0) is 0 Å². The van der Waals surface area contributed by atoms with E-state index in [0.29, 0.717) is 0 Å². The summed E-state index contributed by atoms with van der Waals surface area (Å²) in [7, 11) is 0. The molecular weight excluding hydrogens is 176 g/mol. The van der Waals surface area contributed by atoms with Gasteiger partial charge in [0.25, 0.3) is 0 Å². The van der Waals surface area contributed by atoms with Crippen molar-refractivity contribution in [2.75, 3.05) is 0 Å². The van der Waals surface area contributed by atoms with E-state index in [0.717, 1.165) is 11.1 Å². The third kappa shape index (κ3) is 1.75. The van der Waals surface area contributed by atoms with Crippen molar-refractivity contribution in [3.63, 3.8) is 0 Å². The fourth-order valence-corrected chi connectivity index (χ4v) is 2.44. The standard InChI is InChI=1S/C12H16S/c1-7(2)8(3)12-10(5)9(4)11(6)13-12/h1,3H2,2,4-6H3. The van der Waals surface area contributed by atoms with Gasteiger partial charge in [0.2, 0.25) is 0 Å². The molecule has 0 nitrogen and oxygen atoms in total. The molecular formula is C12H16S. The molecule has 0 N–H and O–H groups in total. The van der Waals surface area contributed by atoms with Crippen molar-refractivity contribution in [2.45, 2.75) is 27.7 Å². The number of aryl methyl sites for hydroxylation is 1. The summed E-state index contributed by atoms with van der Waals surface area (Å²) in [6, 6.07) is 0. The Morgan fingerprint density at radius 2 is 1.62 bits per heavy atom. The van der Waals surface area contributed by atoms with Crippen LogP contribution in [0.1, 0.15) is 27.8 Å². The number of hydrogen-bond acceptors (Lipinski definition) is 1. The third-order valence-corrected chi connectivity index (χ3v) is 3.84. The summed E-state index contributed by atoms with van der Waals surface area (Å²) in [4.78, 5) is 2.68. The lowest BCUT2D eigenvalue weighted by Crippen LogP contribution is -1.83. The van der Waals surface area contributed by atoms with E-state index < -0.39 is 0 Å². The van der Waals surface area contributed by atoms with Gasteiger partial charge in [0.1, 0.15) is 0 Å². The summed E-state index contributed by atoms with van der Waals surface area (Å²) in [5, 5.41) is 0. The lowest BCUT2D eigenvalue weighted by atomic mass is 10.0. The van der Waals surface area contributed by atoms with Crippen molar-refractivity contribution in [2.24, 2.45) is 0 Å². The Labute approximate surface area is 84.6 Å². The van der Waals surface area contributed by atoms with Gasteiger partial charge in [0.15, 0.2) is 0 Å². The van der Waals surface area contributed by atoms with E-state index in [1.807, 2.05) is 18.3 Å². The first-order chi connectivity index (χ1) is 5.95. The molecule has 0 saturated heterocycles. The Bertz CT molecular complexity index is 367. The van der Waals surface area contributed by atoms with Crippen LogP contribution in [-0.4, -0.2) is 0 Å². The van der Waals surface area contributed by atoms with E-state index in [1.165, 1.54) is 20.9 Å². The average Bonchev–Trinajstić information content (AvgIpc) is 2.31. The van der Waals surface area contributed by atoms with Crippen LogP contribution >= 0.6 is 11.3 Å². The van der Waals surface area contributed by atoms with Gasteiger partial charge in [-0.25, -0.2) is 0 Å². The Morgan fingerprint density at radius 3 is 1.92 bits per heavy atom. The fraction of sp³-hybridized carbons (Fsp3) is 0.333. The maximum atomic E-state index is 4.05. The highest BCUT2D eigenvalue weighted by atomic mass is 32.1. The first-order valence-electron chi connectivity index (χ1n) is 4.37. The van der Waals surface area contributed by atoms with E-state index in [-0.39, 0.29) is 0 Å². The summed E-state index contributed by atoms with van der Waals surface area (Å²) in [5.41, 5.74) is 4.89. The Morgan fingerprint density at radius 1 is 1.08 bits per heavy atom. The predicted octanol–water partition coefficient (Wildman–Crippen LogP) is 4.26. The Kier molecular flexibility index (Phi) is 2.77. The van der Waals surface area contributed by atoms with Gasteiger partial charge in [-0.2, -0.15) is 0 Å². The third-order valence-electron chi connectivity index (χ3n) is 2.48. The normalized spacial score (nSPS) is 10.2. The molecule has 0 aromatic carbocycles. The number of hydrogen-bond donors (Lipinski definition) is 0. The average molecular weight is 192 g/mol. The second-order valence-electron chi connectivity index (χ2n) is 3.50. The lowest BCUT2D eigenvalue weighted by molar-refractivity contribution is 1.34. The molecule has 1 aromatic rings. The van der Waals surface area contributed by atoms with Crippen molar-refractivity contribution in [1.29, 1.82) is 0 Å². The maximum absolute atomic E-state index is 4.05. The Balaban J connectivity index is 3.24. The molecule has 0 spiro atoms. The quantitative estimate of drug-likeness (QED) is 0.614. The van der Waals surface area contributed by atoms with Gasteiger partial charge in [0.05, 0.1) is 0 Å². The van der Waals surface area contributed by atoms with Crippen molar-refractivity contribution < 1.29 is 0 Å². The second kappa shape index (κ2) is 3.51. The van der Waals surface area contributed by atoms with Crippen molar-refractivity contribution in [3.05, 3.63) is 39.6 Å². The van der Waals surface area contributed by atoms with Gasteiger partial charge in [-0.3, -0.25) is 0 Å². The van der Waals surface area contributed by atoms with Gasteiger partial charge in [-0.1, -0.05) is 18.7 Å². The molecule has 0 radical (unpaired) electrons. The molecule has 13 heavy (non-hydrogen) atoms. The van der Waals surface area contributed by atoms with Crippen molar-refractivity contribution >= 4 is 16.9 Å². The molecule has 0 fully saturated rings. The molecule has 0 aliphatic rings. The summed E-state index contributed by atoms with van der Waals surface area (Å²) in [6.07, 6.45) is 0. The topological polar surface area (TPSA) is 0 Å². The van der Waals surface area contributed by atoms with Gasteiger partial charge in [-0.15, -0.1) is 11.3 Å². The minimum Gasteiger partial charge on any atom is -0.140 e. The van der Waals surface area contributed by atoms with Gasteiger partial charge in [-0.05, 0) is 44.4 Å².